The molecule has 1 aromatic heterocycles. The second kappa shape index (κ2) is 6.68. The molecule has 19 heavy (non-hydrogen) atoms. The number of morpholine rings is 1. The van der Waals surface area contributed by atoms with Gasteiger partial charge in [-0.2, -0.15) is 11.3 Å². The minimum atomic E-state index is 0.0728. The first kappa shape index (κ1) is 15.4. The third-order valence-corrected chi connectivity index (χ3v) is 5.65. The van der Waals surface area contributed by atoms with Crippen LogP contribution >= 0.6 is 27.3 Å². The molecule has 1 unspecified atom stereocenters. The highest BCUT2D eigenvalue weighted by atomic mass is 79.9. The summed E-state index contributed by atoms with van der Waals surface area (Å²) in [6.45, 7) is 11.5. The molecule has 5 heteroatoms. The van der Waals surface area contributed by atoms with E-state index in [-0.39, 0.29) is 5.54 Å². The summed E-state index contributed by atoms with van der Waals surface area (Å²) in [6.07, 6.45) is 0. The number of halogens is 1. The van der Waals surface area contributed by atoms with Gasteiger partial charge in [0.1, 0.15) is 0 Å². The Kier molecular flexibility index (Phi) is 5.43. The molecule has 0 amide bonds. The van der Waals surface area contributed by atoms with E-state index >= 15 is 0 Å². The van der Waals surface area contributed by atoms with Crippen LogP contribution in [0.5, 0.6) is 0 Å². The van der Waals surface area contributed by atoms with E-state index in [1.165, 1.54) is 10.0 Å². The number of rotatable bonds is 5. The molecule has 1 fully saturated rings. The molecule has 2 heterocycles. The van der Waals surface area contributed by atoms with Crippen molar-refractivity contribution < 1.29 is 4.74 Å². The minimum Gasteiger partial charge on any atom is -0.379 e. The van der Waals surface area contributed by atoms with Crippen LogP contribution in [0.2, 0.25) is 0 Å². The summed E-state index contributed by atoms with van der Waals surface area (Å²) in [7, 11) is 0. The number of ether oxygens (including phenoxy) is 1. The molecule has 0 spiro atoms. The van der Waals surface area contributed by atoms with Crippen molar-refractivity contribution in [1.29, 1.82) is 0 Å². The van der Waals surface area contributed by atoms with E-state index in [0.717, 1.165) is 32.8 Å². The molecule has 1 aliphatic heterocycles. The normalized spacial score (nSPS) is 19.6. The number of hydrogen-bond donors (Lipinski definition) is 1. The molecule has 1 atom stereocenters. The summed E-state index contributed by atoms with van der Waals surface area (Å²) in [6, 6.07) is 0.330. The van der Waals surface area contributed by atoms with Crippen molar-refractivity contribution in [2.24, 2.45) is 0 Å². The van der Waals surface area contributed by atoms with E-state index in [1.807, 2.05) is 0 Å². The number of likely N-dealkylation sites (N-methyl/N-ethyl adjacent to an activating group) is 1. The van der Waals surface area contributed by atoms with Gasteiger partial charge in [-0.25, -0.2) is 0 Å². The monoisotopic (exact) mass is 346 g/mol. The Bertz CT molecular complexity index is 402. The Morgan fingerprint density at radius 3 is 2.63 bits per heavy atom. The van der Waals surface area contributed by atoms with E-state index in [9.17, 15) is 0 Å². The van der Waals surface area contributed by atoms with Crippen LogP contribution in [-0.2, 0) is 4.74 Å². The van der Waals surface area contributed by atoms with Gasteiger partial charge in [-0.05, 0) is 47.3 Å². The van der Waals surface area contributed by atoms with E-state index in [4.69, 9.17) is 4.74 Å². The van der Waals surface area contributed by atoms with Crippen molar-refractivity contribution in [2.45, 2.75) is 32.4 Å². The zero-order valence-corrected chi connectivity index (χ0v) is 14.3. The second-order valence-electron chi connectivity index (χ2n) is 5.42. The molecular formula is C14H23BrN2OS. The largest absolute Gasteiger partial charge is 0.379 e. The number of nitrogens with one attached hydrogen (secondary N) is 1. The third-order valence-electron chi connectivity index (χ3n) is 3.89. The lowest BCUT2D eigenvalue weighted by Crippen LogP contribution is -2.56. The molecule has 0 radical (unpaired) electrons. The molecule has 0 aromatic carbocycles. The summed E-state index contributed by atoms with van der Waals surface area (Å²) in [5.74, 6) is 0. The first-order valence-corrected chi connectivity index (χ1v) is 8.58. The first-order valence-electron chi connectivity index (χ1n) is 6.85. The van der Waals surface area contributed by atoms with Crippen LogP contribution in [0.3, 0.4) is 0 Å². The van der Waals surface area contributed by atoms with Crippen molar-refractivity contribution in [3.8, 4) is 0 Å². The molecule has 3 nitrogen and oxygen atoms in total. The van der Waals surface area contributed by atoms with Crippen molar-refractivity contribution in [2.75, 3.05) is 32.8 Å². The summed E-state index contributed by atoms with van der Waals surface area (Å²) in [5.41, 5.74) is 1.44. The quantitative estimate of drug-likeness (QED) is 0.885. The Balaban J connectivity index is 2.24. The Morgan fingerprint density at radius 1 is 1.42 bits per heavy atom. The minimum absolute atomic E-state index is 0.0728. The van der Waals surface area contributed by atoms with E-state index < -0.39 is 0 Å². The molecule has 1 saturated heterocycles. The zero-order valence-electron chi connectivity index (χ0n) is 11.9. The van der Waals surface area contributed by atoms with Crippen LogP contribution in [-0.4, -0.2) is 43.3 Å². The number of nitrogens with zero attached hydrogens (tertiary/aromatic N) is 1. The predicted octanol–water partition coefficient (Wildman–Crippen LogP) is 3.27. The first-order chi connectivity index (χ1) is 9.07. The SMILES string of the molecule is CCNC(c1cscc1Br)C(C)(C)N1CCOCC1. The van der Waals surface area contributed by atoms with Gasteiger partial charge >= 0.3 is 0 Å². The average molecular weight is 347 g/mol. The van der Waals surface area contributed by atoms with Crippen LogP contribution in [0.4, 0.5) is 0 Å². The van der Waals surface area contributed by atoms with Gasteiger partial charge in [-0.15, -0.1) is 0 Å². The van der Waals surface area contributed by atoms with Gasteiger partial charge in [0, 0.05) is 28.5 Å². The lowest BCUT2D eigenvalue weighted by molar-refractivity contribution is -0.0236. The highest BCUT2D eigenvalue weighted by Crippen LogP contribution is 2.37. The van der Waals surface area contributed by atoms with Crippen LogP contribution in [0.15, 0.2) is 15.2 Å². The standard InChI is InChI=1S/C14H23BrN2OS/c1-4-16-13(11-9-19-10-12(11)15)14(2,3)17-5-7-18-8-6-17/h9-10,13,16H,4-8H2,1-3H3. The van der Waals surface area contributed by atoms with Gasteiger partial charge in [-0.3, -0.25) is 4.90 Å². The summed E-state index contributed by atoms with van der Waals surface area (Å²) in [5, 5.41) is 8.07. The average Bonchev–Trinajstić information content (AvgIpc) is 2.83. The predicted molar refractivity (Wildman–Crippen MR) is 84.9 cm³/mol. The zero-order chi connectivity index (χ0) is 13.9. The molecule has 0 aliphatic carbocycles. The van der Waals surface area contributed by atoms with Crippen LogP contribution in [0, 0.1) is 0 Å². The summed E-state index contributed by atoms with van der Waals surface area (Å²) < 4.78 is 6.69. The van der Waals surface area contributed by atoms with Crippen molar-refractivity contribution >= 4 is 27.3 Å². The Hall–Kier alpha value is 0.0600. The van der Waals surface area contributed by atoms with Gasteiger partial charge in [-0.1, -0.05) is 6.92 Å². The fraction of sp³-hybridized carbons (Fsp3) is 0.714. The maximum atomic E-state index is 5.48. The number of thiophene rings is 1. The molecule has 108 valence electrons. The fourth-order valence-corrected chi connectivity index (χ4v) is 4.32. The maximum Gasteiger partial charge on any atom is 0.0594 e. The van der Waals surface area contributed by atoms with E-state index in [1.54, 1.807) is 11.3 Å². The molecule has 2 rings (SSSR count). The van der Waals surface area contributed by atoms with Gasteiger partial charge in [0.2, 0.25) is 0 Å². The lowest BCUT2D eigenvalue weighted by Gasteiger charge is -2.46. The Labute approximate surface area is 128 Å². The van der Waals surface area contributed by atoms with Crippen molar-refractivity contribution in [3.63, 3.8) is 0 Å². The van der Waals surface area contributed by atoms with Gasteiger partial charge in [0.15, 0.2) is 0 Å². The molecular weight excluding hydrogens is 324 g/mol. The van der Waals surface area contributed by atoms with Crippen molar-refractivity contribution in [1.82, 2.24) is 10.2 Å². The van der Waals surface area contributed by atoms with Crippen LogP contribution in [0.25, 0.3) is 0 Å². The lowest BCUT2D eigenvalue weighted by atomic mass is 9.87. The van der Waals surface area contributed by atoms with Gasteiger partial charge in [0.05, 0.1) is 19.3 Å². The molecule has 0 saturated carbocycles. The third kappa shape index (κ3) is 3.39. The summed E-state index contributed by atoms with van der Waals surface area (Å²) >= 11 is 5.43. The Morgan fingerprint density at radius 2 is 2.11 bits per heavy atom. The maximum absolute atomic E-state index is 5.48. The molecule has 1 aromatic rings. The highest BCUT2D eigenvalue weighted by molar-refractivity contribution is 9.10. The van der Waals surface area contributed by atoms with Crippen LogP contribution < -0.4 is 5.32 Å². The topological polar surface area (TPSA) is 24.5 Å². The van der Waals surface area contributed by atoms with Gasteiger partial charge < -0.3 is 10.1 Å². The van der Waals surface area contributed by atoms with E-state index in [0.29, 0.717) is 6.04 Å². The molecule has 1 N–H and O–H groups in total. The van der Waals surface area contributed by atoms with Crippen molar-refractivity contribution in [3.05, 3.63) is 20.8 Å². The fourth-order valence-electron chi connectivity index (χ4n) is 2.76. The molecule has 0 bridgehead atoms. The smallest absolute Gasteiger partial charge is 0.0594 e. The summed E-state index contributed by atoms with van der Waals surface area (Å²) in [4.78, 5) is 2.54. The highest BCUT2D eigenvalue weighted by Gasteiger charge is 2.37. The van der Waals surface area contributed by atoms with Crippen LogP contribution in [0.1, 0.15) is 32.4 Å². The number of hydrogen-bond acceptors (Lipinski definition) is 4. The second-order valence-corrected chi connectivity index (χ2v) is 7.02. The van der Waals surface area contributed by atoms with Gasteiger partial charge in [0.25, 0.3) is 0 Å². The van der Waals surface area contributed by atoms with E-state index in [2.05, 4.69) is 57.7 Å². The molecule has 1 aliphatic rings.